The molecule has 4 rings (SSSR count). The van der Waals surface area contributed by atoms with Gasteiger partial charge in [-0.15, -0.1) is 0 Å². The third-order valence-electron chi connectivity index (χ3n) is 11.8. The number of hydrogen-bond donors (Lipinski definition) is 5. The molecule has 0 amide bonds. The minimum atomic E-state index is -1.15. The summed E-state index contributed by atoms with van der Waals surface area (Å²) >= 11 is 0. The van der Waals surface area contributed by atoms with Crippen molar-refractivity contribution in [2.45, 2.75) is 103 Å². The van der Waals surface area contributed by atoms with Crippen LogP contribution < -0.4 is 5.32 Å². The Balaban J connectivity index is 1.64. The summed E-state index contributed by atoms with van der Waals surface area (Å²) in [6.07, 6.45) is 6.13. The second-order valence-electron chi connectivity index (χ2n) is 14.0. The molecule has 7 nitrogen and oxygen atoms in total. The molecule has 0 saturated heterocycles. The number of ketones is 1. The molecule has 0 radical (unpaired) electrons. The van der Waals surface area contributed by atoms with Crippen LogP contribution in [0.2, 0.25) is 0 Å². The van der Waals surface area contributed by atoms with Crippen LogP contribution in [-0.2, 0) is 9.59 Å². The largest absolute Gasteiger partial charge is 0.393 e. The van der Waals surface area contributed by atoms with Crippen LogP contribution in [0, 0.1) is 46.3 Å². The first-order chi connectivity index (χ1) is 18.3. The number of rotatable bonds is 9. The minimum Gasteiger partial charge on any atom is -0.393 e. The molecular formula is C32H51NO6. The van der Waals surface area contributed by atoms with Crippen molar-refractivity contribution in [3.63, 3.8) is 0 Å². The lowest BCUT2D eigenvalue weighted by Crippen LogP contribution is -2.64. The van der Waals surface area contributed by atoms with Crippen LogP contribution >= 0.6 is 0 Å². The predicted octanol–water partition coefficient (Wildman–Crippen LogP) is 3.20. The number of nitrogens with one attached hydrogen (secondary N) is 1. The molecule has 0 unspecified atom stereocenters. The fourth-order valence-corrected chi connectivity index (χ4v) is 9.51. The standard InChI is InChI=1S/C32H51NO6/c1-18(2)20(8-7-13-34)14-25(35)19(3)22-10-12-32(39)24-15-26(36)28-21(17-33-6)29(38)27(37)16-30(28,4)23(24)9-11-31(22,32)5/h8,13,15,18-19,21-23,25,27-29,33,35,37-39H,7,9-12,14,16-17H2,1-6H3/b20-8-/t19-,21-,22+,23-,25+,27-,28-,29+,30+,31+,32+/m0/s1. The average molecular weight is 546 g/mol. The van der Waals surface area contributed by atoms with Gasteiger partial charge >= 0.3 is 0 Å². The van der Waals surface area contributed by atoms with Crippen molar-refractivity contribution in [3.8, 4) is 0 Å². The van der Waals surface area contributed by atoms with E-state index in [9.17, 15) is 30.0 Å². The van der Waals surface area contributed by atoms with E-state index in [1.807, 2.05) is 6.08 Å². The van der Waals surface area contributed by atoms with Gasteiger partial charge in [0.15, 0.2) is 5.78 Å². The van der Waals surface area contributed by atoms with E-state index in [2.05, 4.69) is 39.9 Å². The van der Waals surface area contributed by atoms with Crippen molar-refractivity contribution in [1.29, 1.82) is 0 Å². The molecule has 39 heavy (non-hydrogen) atoms. The molecule has 0 aromatic rings. The Labute approximate surface area is 234 Å². The summed E-state index contributed by atoms with van der Waals surface area (Å²) in [5, 5.41) is 48.6. The van der Waals surface area contributed by atoms with Crippen molar-refractivity contribution in [2.24, 2.45) is 46.3 Å². The van der Waals surface area contributed by atoms with Crippen LogP contribution in [0.5, 0.6) is 0 Å². The van der Waals surface area contributed by atoms with Crippen molar-refractivity contribution >= 4 is 12.1 Å². The van der Waals surface area contributed by atoms with E-state index in [1.54, 1.807) is 13.1 Å². The molecule has 3 saturated carbocycles. The second-order valence-corrected chi connectivity index (χ2v) is 14.0. The van der Waals surface area contributed by atoms with Gasteiger partial charge in [0.2, 0.25) is 0 Å². The third-order valence-corrected chi connectivity index (χ3v) is 11.8. The summed E-state index contributed by atoms with van der Waals surface area (Å²) < 4.78 is 0. The smallest absolute Gasteiger partial charge is 0.159 e. The Morgan fingerprint density at radius 1 is 1.18 bits per heavy atom. The number of hydrogen-bond acceptors (Lipinski definition) is 7. The number of carbonyl (C=O) groups is 2. The van der Waals surface area contributed by atoms with Gasteiger partial charge in [0.05, 0.1) is 23.9 Å². The Kier molecular flexibility index (Phi) is 8.72. The van der Waals surface area contributed by atoms with Gasteiger partial charge in [0.1, 0.15) is 6.29 Å². The van der Waals surface area contributed by atoms with Crippen LogP contribution in [0.25, 0.3) is 0 Å². The second kappa shape index (κ2) is 11.1. The topological polar surface area (TPSA) is 127 Å². The lowest BCUT2D eigenvalue weighted by atomic mass is 9.44. The van der Waals surface area contributed by atoms with Crippen LogP contribution in [0.3, 0.4) is 0 Å². The van der Waals surface area contributed by atoms with Crippen molar-refractivity contribution < 1.29 is 30.0 Å². The summed E-state index contributed by atoms with van der Waals surface area (Å²) in [6, 6.07) is 0. The number of aliphatic hydroxyl groups is 4. The van der Waals surface area contributed by atoms with Gasteiger partial charge in [-0.3, -0.25) is 4.79 Å². The molecule has 5 N–H and O–H groups in total. The molecule has 0 spiro atoms. The minimum absolute atomic E-state index is 0.0439. The maximum Gasteiger partial charge on any atom is 0.159 e. The molecule has 11 atom stereocenters. The Morgan fingerprint density at radius 2 is 1.87 bits per heavy atom. The fourth-order valence-electron chi connectivity index (χ4n) is 9.51. The molecule has 3 fully saturated rings. The van der Waals surface area contributed by atoms with Gasteiger partial charge in [-0.05, 0) is 86.3 Å². The van der Waals surface area contributed by atoms with E-state index >= 15 is 0 Å². The first-order valence-electron chi connectivity index (χ1n) is 15.1. The highest BCUT2D eigenvalue weighted by Gasteiger charge is 2.68. The van der Waals surface area contributed by atoms with Crippen LogP contribution in [0.1, 0.15) is 79.6 Å². The van der Waals surface area contributed by atoms with Crippen molar-refractivity contribution in [2.75, 3.05) is 13.6 Å². The van der Waals surface area contributed by atoms with E-state index in [0.29, 0.717) is 32.2 Å². The first kappa shape index (κ1) is 30.6. The molecule has 7 heteroatoms. The van der Waals surface area contributed by atoms with E-state index in [0.717, 1.165) is 36.7 Å². The molecule has 0 aliphatic heterocycles. The molecule has 0 heterocycles. The molecule has 220 valence electrons. The lowest BCUT2D eigenvalue weighted by Gasteiger charge is -2.61. The number of carbonyl (C=O) groups excluding carboxylic acids is 2. The van der Waals surface area contributed by atoms with E-state index in [4.69, 9.17) is 0 Å². The van der Waals surface area contributed by atoms with Crippen molar-refractivity contribution in [1.82, 2.24) is 5.32 Å². The van der Waals surface area contributed by atoms with Gasteiger partial charge in [-0.1, -0.05) is 46.3 Å². The van der Waals surface area contributed by atoms with Crippen LogP contribution in [0.15, 0.2) is 23.3 Å². The summed E-state index contributed by atoms with van der Waals surface area (Å²) in [5.41, 5.74) is -0.286. The summed E-state index contributed by atoms with van der Waals surface area (Å²) in [7, 11) is 1.80. The number of allylic oxidation sites excluding steroid dienone is 2. The fraction of sp³-hybridized carbons (Fsp3) is 0.812. The summed E-state index contributed by atoms with van der Waals surface area (Å²) in [6.45, 7) is 10.9. The number of aliphatic hydroxyl groups excluding tert-OH is 3. The summed E-state index contributed by atoms with van der Waals surface area (Å²) in [5.74, 6) is -0.629. The molecule has 0 aromatic heterocycles. The van der Waals surface area contributed by atoms with Gasteiger partial charge < -0.3 is 30.5 Å². The predicted molar refractivity (Wildman–Crippen MR) is 151 cm³/mol. The Hall–Kier alpha value is -1.38. The van der Waals surface area contributed by atoms with Crippen molar-refractivity contribution in [3.05, 3.63) is 23.3 Å². The molecule has 4 aliphatic carbocycles. The normalized spacial score (nSPS) is 43.8. The molecule has 0 bridgehead atoms. The van der Waals surface area contributed by atoms with E-state index < -0.39 is 40.7 Å². The Bertz CT molecular complexity index is 1010. The van der Waals surface area contributed by atoms with E-state index in [1.165, 1.54) is 0 Å². The highest BCUT2D eigenvalue weighted by atomic mass is 16.3. The molecule has 4 aliphatic rings. The van der Waals surface area contributed by atoms with Gasteiger partial charge in [0, 0.05) is 30.2 Å². The molecular weight excluding hydrogens is 494 g/mol. The van der Waals surface area contributed by atoms with E-state index in [-0.39, 0.29) is 35.4 Å². The lowest BCUT2D eigenvalue weighted by molar-refractivity contribution is -0.169. The van der Waals surface area contributed by atoms with Gasteiger partial charge in [-0.2, -0.15) is 0 Å². The third kappa shape index (κ3) is 4.80. The highest BCUT2D eigenvalue weighted by Crippen LogP contribution is 2.68. The maximum absolute atomic E-state index is 13.8. The first-order valence-corrected chi connectivity index (χ1v) is 15.1. The Morgan fingerprint density at radius 3 is 2.49 bits per heavy atom. The monoisotopic (exact) mass is 545 g/mol. The van der Waals surface area contributed by atoms with Gasteiger partial charge in [0.25, 0.3) is 0 Å². The average Bonchev–Trinajstić information content (AvgIpc) is 3.15. The zero-order chi connectivity index (χ0) is 28.9. The molecule has 0 aromatic carbocycles. The zero-order valence-corrected chi connectivity index (χ0v) is 24.7. The SMILES string of the molecule is CNC[C@@H]1[C@@H](O)[C@@H](O)C[C@@]2(C)[C@@H]1C(=O)C=C1[C@@H]2CC[C@]2(C)[C@@H]([C@H](C)[C@H](O)C/C(=C/CC=O)C(C)C)CC[C@@]12O. The zero-order valence-electron chi connectivity index (χ0n) is 24.7. The summed E-state index contributed by atoms with van der Waals surface area (Å²) in [4.78, 5) is 24.7. The van der Waals surface area contributed by atoms with Gasteiger partial charge in [-0.25, -0.2) is 0 Å². The quantitative estimate of drug-likeness (QED) is 0.222. The number of fused-ring (bicyclic) bond motifs is 5. The maximum atomic E-state index is 13.8. The van der Waals surface area contributed by atoms with Crippen LogP contribution in [0.4, 0.5) is 0 Å². The number of aldehydes is 1. The highest BCUT2D eigenvalue weighted by molar-refractivity contribution is 5.95. The van der Waals surface area contributed by atoms with Crippen LogP contribution in [-0.4, -0.2) is 70.0 Å².